The number of carbonyl (C=O) groups excluding carboxylic acids is 1. The Labute approximate surface area is 69.9 Å². The highest BCUT2D eigenvalue weighted by molar-refractivity contribution is 5.76. The molecule has 1 aliphatic heterocycles. The first-order chi connectivity index (χ1) is 5.83. The van der Waals surface area contributed by atoms with Crippen molar-refractivity contribution in [2.75, 3.05) is 0 Å². The van der Waals surface area contributed by atoms with E-state index in [0.29, 0.717) is 6.42 Å². The minimum Gasteiger partial charge on any atom is -0.494 e. The van der Waals surface area contributed by atoms with E-state index in [4.69, 9.17) is 4.74 Å². The summed E-state index contributed by atoms with van der Waals surface area (Å²) in [5.74, 6) is -0.624. The zero-order valence-electron chi connectivity index (χ0n) is 6.47. The van der Waals surface area contributed by atoms with E-state index in [1.165, 1.54) is 0 Å². The van der Waals surface area contributed by atoms with Crippen molar-refractivity contribution in [1.29, 1.82) is 0 Å². The van der Waals surface area contributed by atoms with Crippen LogP contribution in [0.2, 0.25) is 0 Å². The molecule has 0 aromatic carbocycles. The SMILES string of the molecule is O=NC(=O)CCC1C=CC=CO1. The van der Waals surface area contributed by atoms with Crippen molar-refractivity contribution < 1.29 is 9.53 Å². The largest absolute Gasteiger partial charge is 0.494 e. The molecule has 1 unspecified atom stereocenters. The molecule has 0 saturated heterocycles. The highest BCUT2D eigenvalue weighted by Gasteiger charge is 2.09. The smallest absolute Gasteiger partial charge is 0.286 e. The van der Waals surface area contributed by atoms with Gasteiger partial charge in [0.1, 0.15) is 6.10 Å². The van der Waals surface area contributed by atoms with Gasteiger partial charge in [-0.25, -0.2) is 0 Å². The zero-order chi connectivity index (χ0) is 8.81. The van der Waals surface area contributed by atoms with Crippen molar-refractivity contribution in [3.63, 3.8) is 0 Å². The molecule has 1 atom stereocenters. The monoisotopic (exact) mass is 167 g/mol. The Balaban J connectivity index is 2.23. The topological polar surface area (TPSA) is 55.7 Å². The van der Waals surface area contributed by atoms with Crippen molar-refractivity contribution >= 4 is 5.91 Å². The van der Waals surface area contributed by atoms with Crippen LogP contribution in [0.4, 0.5) is 0 Å². The quantitative estimate of drug-likeness (QED) is 0.599. The highest BCUT2D eigenvalue weighted by Crippen LogP contribution is 2.09. The average molecular weight is 167 g/mol. The number of allylic oxidation sites excluding steroid dienone is 2. The molecule has 64 valence electrons. The van der Waals surface area contributed by atoms with Gasteiger partial charge in [-0.2, -0.15) is 0 Å². The van der Waals surface area contributed by atoms with Gasteiger partial charge in [0.15, 0.2) is 0 Å². The number of hydrogen-bond donors (Lipinski definition) is 0. The molecule has 1 aliphatic rings. The Hall–Kier alpha value is -1.45. The van der Waals surface area contributed by atoms with Crippen molar-refractivity contribution in [3.05, 3.63) is 29.4 Å². The summed E-state index contributed by atoms with van der Waals surface area (Å²) in [7, 11) is 0. The van der Waals surface area contributed by atoms with Crippen LogP contribution in [0.25, 0.3) is 0 Å². The predicted molar refractivity (Wildman–Crippen MR) is 43.2 cm³/mol. The van der Waals surface area contributed by atoms with E-state index in [1.807, 2.05) is 12.2 Å². The summed E-state index contributed by atoms with van der Waals surface area (Å²) in [5, 5.41) is 2.29. The molecule has 4 nitrogen and oxygen atoms in total. The summed E-state index contributed by atoms with van der Waals surface area (Å²) in [6, 6.07) is 0. The van der Waals surface area contributed by atoms with Crippen LogP contribution in [0.3, 0.4) is 0 Å². The van der Waals surface area contributed by atoms with E-state index >= 15 is 0 Å². The van der Waals surface area contributed by atoms with Crippen LogP contribution in [-0.4, -0.2) is 12.0 Å². The maximum atomic E-state index is 10.5. The molecule has 1 heterocycles. The fraction of sp³-hybridized carbons (Fsp3) is 0.375. The molecule has 0 aliphatic carbocycles. The van der Waals surface area contributed by atoms with Crippen molar-refractivity contribution in [3.8, 4) is 0 Å². The zero-order valence-corrected chi connectivity index (χ0v) is 6.47. The molecule has 0 radical (unpaired) electrons. The fourth-order valence-corrected chi connectivity index (χ4v) is 0.901. The summed E-state index contributed by atoms with van der Waals surface area (Å²) in [5.41, 5.74) is 0. The lowest BCUT2D eigenvalue weighted by Crippen LogP contribution is -2.09. The summed E-state index contributed by atoms with van der Waals surface area (Å²) < 4.78 is 5.11. The second-order valence-electron chi connectivity index (χ2n) is 2.41. The van der Waals surface area contributed by atoms with Gasteiger partial charge in [0.05, 0.1) is 6.26 Å². The van der Waals surface area contributed by atoms with E-state index in [2.05, 4.69) is 5.18 Å². The number of ether oxygens (including phenoxy) is 1. The molecule has 0 N–H and O–H groups in total. The van der Waals surface area contributed by atoms with Gasteiger partial charge in [-0.15, -0.1) is 4.91 Å². The van der Waals surface area contributed by atoms with Gasteiger partial charge in [0, 0.05) is 11.6 Å². The summed E-state index contributed by atoms with van der Waals surface area (Å²) in [4.78, 5) is 20.2. The first-order valence-electron chi connectivity index (χ1n) is 3.68. The Morgan fingerprint density at radius 1 is 1.50 bits per heavy atom. The Morgan fingerprint density at radius 2 is 2.33 bits per heavy atom. The molecule has 12 heavy (non-hydrogen) atoms. The van der Waals surface area contributed by atoms with E-state index < -0.39 is 5.91 Å². The minimum atomic E-state index is -0.624. The number of hydrogen-bond acceptors (Lipinski definition) is 3. The van der Waals surface area contributed by atoms with Crippen LogP contribution in [0.15, 0.2) is 29.7 Å². The van der Waals surface area contributed by atoms with E-state index in [-0.39, 0.29) is 12.5 Å². The second kappa shape index (κ2) is 4.43. The number of nitroso groups, excluding NO2 is 1. The molecule has 0 aromatic rings. The Morgan fingerprint density at radius 3 is 2.92 bits per heavy atom. The maximum absolute atomic E-state index is 10.5. The number of carbonyl (C=O) groups is 1. The number of rotatable bonds is 3. The first kappa shape index (κ1) is 8.64. The van der Waals surface area contributed by atoms with Gasteiger partial charge in [-0.05, 0) is 18.6 Å². The number of nitrogens with zero attached hydrogens (tertiary/aromatic N) is 1. The van der Waals surface area contributed by atoms with Crippen LogP contribution in [0.1, 0.15) is 12.8 Å². The van der Waals surface area contributed by atoms with Gasteiger partial charge in [-0.3, -0.25) is 4.79 Å². The van der Waals surface area contributed by atoms with Crippen LogP contribution in [-0.2, 0) is 9.53 Å². The lowest BCUT2D eigenvalue weighted by molar-refractivity contribution is -0.118. The lowest BCUT2D eigenvalue weighted by atomic mass is 10.1. The van der Waals surface area contributed by atoms with Crippen LogP contribution in [0, 0.1) is 4.91 Å². The molecule has 1 rings (SSSR count). The minimum absolute atomic E-state index is 0.0966. The third-order valence-electron chi connectivity index (χ3n) is 1.51. The Bertz CT molecular complexity index is 232. The molecule has 0 bridgehead atoms. The molecule has 0 spiro atoms. The van der Waals surface area contributed by atoms with Gasteiger partial charge in [0.25, 0.3) is 5.91 Å². The first-order valence-corrected chi connectivity index (χ1v) is 3.68. The summed E-state index contributed by atoms with van der Waals surface area (Å²) in [6.07, 6.45) is 7.54. The summed E-state index contributed by atoms with van der Waals surface area (Å²) >= 11 is 0. The van der Waals surface area contributed by atoms with E-state index in [0.717, 1.165) is 0 Å². The second-order valence-corrected chi connectivity index (χ2v) is 2.41. The van der Waals surface area contributed by atoms with E-state index in [9.17, 15) is 9.70 Å². The van der Waals surface area contributed by atoms with Crippen LogP contribution < -0.4 is 0 Å². The molecular formula is C8H9NO3. The van der Waals surface area contributed by atoms with Crippen LogP contribution >= 0.6 is 0 Å². The molecule has 0 fully saturated rings. The molecular weight excluding hydrogens is 158 g/mol. The standard InChI is InChI=1S/C8H9NO3/c10-8(9-11)5-4-7-3-1-2-6-12-7/h1-3,6-7H,4-5H2. The van der Waals surface area contributed by atoms with Crippen molar-refractivity contribution in [1.82, 2.24) is 0 Å². The predicted octanol–water partition coefficient (Wildman–Crippen LogP) is 1.53. The van der Waals surface area contributed by atoms with Crippen LogP contribution in [0.5, 0.6) is 0 Å². The highest BCUT2D eigenvalue weighted by atomic mass is 16.5. The third kappa shape index (κ3) is 2.65. The Kier molecular flexibility index (Phi) is 3.19. The van der Waals surface area contributed by atoms with Crippen molar-refractivity contribution in [2.45, 2.75) is 18.9 Å². The van der Waals surface area contributed by atoms with E-state index in [1.54, 1.807) is 12.3 Å². The maximum Gasteiger partial charge on any atom is 0.286 e. The third-order valence-corrected chi connectivity index (χ3v) is 1.51. The molecule has 0 aromatic heterocycles. The van der Waals surface area contributed by atoms with Gasteiger partial charge in [-0.1, -0.05) is 6.08 Å². The normalized spacial score (nSPS) is 20.2. The van der Waals surface area contributed by atoms with Crippen molar-refractivity contribution in [2.24, 2.45) is 5.18 Å². The molecule has 1 amide bonds. The number of amides is 1. The molecule has 0 saturated carbocycles. The molecule has 4 heteroatoms. The summed E-state index contributed by atoms with van der Waals surface area (Å²) in [6.45, 7) is 0. The fourth-order valence-electron chi connectivity index (χ4n) is 0.901. The van der Waals surface area contributed by atoms with Gasteiger partial charge >= 0.3 is 0 Å². The average Bonchev–Trinajstić information content (AvgIpc) is 2.16. The van der Waals surface area contributed by atoms with Gasteiger partial charge in [0.2, 0.25) is 0 Å². The van der Waals surface area contributed by atoms with Gasteiger partial charge < -0.3 is 4.74 Å². The lowest BCUT2D eigenvalue weighted by Gasteiger charge is -2.12.